The molecule has 1 rings (SSSR count). The van der Waals surface area contributed by atoms with Gasteiger partial charge in [-0.3, -0.25) is 4.68 Å². The normalized spacial score (nSPS) is 10.9. The van der Waals surface area contributed by atoms with Crippen LogP contribution in [0.4, 0.5) is 0 Å². The van der Waals surface area contributed by atoms with Crippen molar-refractivity contribution in [3.63, 3.8) is 0 Å². The summed E-state index contributed by atoms with van der Waals surface area (Å²) < 4.78 is 2.19. The van der Waals surface area contributed by atoms with Crippen molar-refractivity contribution in [2.45, 2.75) is 52.5 Å². The van der Waals surface area contributed by atoms with Crippen molar-refractivity contribution in [1.29, 1.82) is 0 Å². The third-order valence-electron chi connectivity index (χ3n) is 2.64. The summed E-state index contributed by atoms with van der Waals surface area (Å²) in [5, 5.41) is 5.72. The molecule has 0 amide bonds. The van der Waals surface area contributed by atoms with Gasteiger partial charge in [-0.05, 0) is 31.7 Å². The van der Waals surface area contributed by atoms with Gasteiger partial charge in [0.1, 0.15) is 0 Å². The van der Waals surface area contributed by atoms with Gasteiger partial charge in [0.15, 0.2) is 0 Å². The summed E-state index contributed by atoms with van der Waals surface area (Å²) in [4.78, 5) is 0. The fourth-order valence-corrected chi connectivity index (χ4v) is 2.10. The molecule has 0 aliphatic heterocycles. The quantitative estimate of drug-likeness (QED) is 0.548. The smallest absolute Gasteiger partial charge is 0.0624 e. The molecule has 0 saturated carbocycles. The number of alkyl halides is 1. The zero-order valence-corrected chi connectivity index (χ0v) is 11.4. The summed E-state index contributed by atoms with van der Waals surface area (Å²) in [6, 6.07) is 2.24. The van der Waals surface area contributed by atoms with Crippen LogP contribution in [-0.4, -0.2) is 15.1 Å². The lowest BCUT2D eigenvalue weighted by Crippen LogP contribution is -2.04. The minimum absolute atomic E-state index is 1.04. The number of halogens is 1. The van der Waals surface area contributed by atoms with E-state index >= 15 is 0 Å². The monoisotopic (exact) mass is 272 g/mol. The molecule has 0 spiro atoms. The van der Waals surface area contributed by atoms with Crippen molar-refractivity contribution in [2.75, 3.05) is 5.33 Å². The van der Waals surface area contributed by atoms with E-state index in [0.29, 0.717) is 0 Å². The number of aromatic nitrogens is 2. The summed E-state index contributed by atoms with van der Waals surface area (Å²) in [6.45, 7) is 5.44. The molecule has 0 fully saturated rings. The highest BCUT2D eigenvalue weighted by molar-refractivity contribution is 9.09. The molecule has 1 heterocycles. The molecule has 3 heteroatoms. The topological polar surface area (TPSA) is 17.8 Å². The van der Waals surface area contributed by atoms with Gasteiger partial charge in [-0.2, -0.15) is 5.10 Å². The standard InChI is InChI=1S/C12H21BrN2/c1-3-11-10-12(4-2)15(14-11)9-7-5-6-8-13/h10H,3-9H2,1-2H3. The van der Waals surface area contributed by atoms with Crippen molar-refractivity contribution in [3.8, 4) is 0 Å². The van der Waals surface area contributed by atoms with E-state index in [9.17, 15) is 0 Å². The highest BCUT2D eigenvalue weighted by Crippen LogP contribution is 2.08. The summed E-state index contributed by atoms with van der Waals surface area (Å²) >= 11 is 3.46. The largest absolute Gasteiger partial charge is 0.269 e. The minimum atomic E-state index is 1.04. The van der Waals surface area contributed by atoms with Crippen molar-refractivity contribution in [1.82, 2.24) is 9.78 Å². The molecule has 0 radical (unpaired) electrons. The third-order valence-corrected chi connectivity index (χ3v) is 3.20. The van der Waals surface area contributed by atoms with Crippen LogP contribution in [0.25, 0.3) is 0 Å². The fourth-order valence-electron chi connectivity index (χ4n) is 1.70. The Labute approximate surface area is 101 Å². The van der Waals surface area contributed by atoms with Crippen molar-refractivity contribution in [2.24, 2.45) is 0 Å². The van der Waals surface area contributed by atoms with Crippen molar-refractivity contribution in [3.05, 3.63) is 17.5 Å². The van der Waals surface area contributed by atoms with E-state index < -0.39 is 0 Å². The van der Waals surface area contributed by atoms with Crippen LogP contribution in [-0.2, 0) is 19.4 Å². The van der Waals surface area contributed by atoms with Gasteiger partial charge < -0.3 is 0 Å². The molecular weight excluding hydrogens is 252 g/mol. The molecule has 0 aliphatic rings. The second-order valence-corrected chi connectivity index (χ2v) is 4.60. The van der Waals surface area contributed by atoms with Crippen LogP contribution >= 0.6 is 15.9 Å². The van der Waals surface area contributed by atoms with Gasteiger partial charge in [-0.1, -0.05) is 36.2 Å². The number of nitrogens with zero attached hydrogens (tertiary/aromatic N) is 2. The summed E-state index contributed by atoms with van der Waals surface area (Å²) in [5.41, 5.74) is 2.61. The maximum Gasteiger partial charge on any atom is 0.0624 e. The predicted molar refractivity (Wildman–Crippen MR) is 68.6 cm³/mol. The van der Waals surface area contributed by atoms with Crippen LogP contribution < -0.4 is 0 Å². The molecule has 86 valence electrons. The van der Waals surface area contributed by atoms with Crippen molar-refractivity contribution >= 4 is 15.9 Å². The maximum atomic E-state index is 4.60. The van der Waals surface area contributed by atoms with Gasteiger partial charge in [0.05, 0.1) is 5.69 Å². The first-order chi connectivity index (χ1) is 7.31. The molecule has 0 atom stereocenters. The zero-order chi connectivity index (χ0) is 11.1. The van der Waals surface area contributed by atoms with Gasteiger partial charge in [-0.25, -0.2) is 0 Å². The second kappa shape index (κ2) is 7.04. The first kappa shape index (κ1) is 12.8. The van der Waals surface area contributed by atoms with E-state index in [0.717, 1.165) is 24.7 Å². The summed E-state index contributed by atoms with van der Waals surface area (Å²) in [6.07, 6.45) is 5.93. The molecule has 0 aliphatic carbocycles. The van der Waals surface area contributed by atoms with Gasteiger partial charge in [0.25, 0.3) is 0 Å². The van der Waals surface area contributed by atoms with Gasteiger partial charge in [0, 0.05) is 17.6 Å². The van der Waals surface area contributed by atoms with E-state index in [1.54, 1.807) is 0 Å². The average molecular weight is 273 g/mol. The lowest BCUT2D eigenvalue weighted by atomic mass is 10.2. The Bertz CT molecular complexity index is 281. The lowest BCUT2D eigenvalue weighted by molar-refractivity contribution is 0.533. The van der Waals surface area contributed by atoms with E-state index in [-0.39, 0.29) is 0 Å². The Morgan fingerprint density at radius 2 is 2.00 bits per heavy atom. The zero-order valence-electron chi connectivity index (χ0n) is 9.80. The number of hydrogen-bond acceptors (Lipinski definition) is 1. The lowest BCUT2D eigenvalue weighted by Gasteiger charge is -2.04. The van der Waals surface area contributed by atoms with Gasteiger partial charge in [0.2, 0.25) is 0 Å². The van der Waals surface area contributed by atoms with E-state index in [1.165, 1.54) is 30.7 Å². The highest BCUT2D eigenvalue weighted by Gasteiger charge is 2.04. The van der Waals surface area contributed by atoms with E-state index in [2.05, 4.69) is 45.6 Å². The Morgan fingerprint density at radius 1 is 1.20 bits per heavy atom. The van der Waals surface area contributed by atoms with Crippen LogP contribution in [0.3, 0.4) is 0 Å². The van der Waals surface area contributed by atoms with Crippen LogP contribution in [0.15, 0.2) is 6.07 Å². The highest BCUT2D eigenvalue weighted by atomic mass is 79.9. The number of rotatable bonds is 7. The molecule has 2 nitrogen and oxygen atoms in total. The van der Waals surface area contributed by atoms with Crippen LogP contribution in [0.2, 0.25) is 0 Å². The molecule has 0 saturated heterocycles. The van der Waals surface area contributed by atoms with E-state index in [1.807, 2.05) is 0 Å². The molecule has 0 N–H and O–H groups in total. The summed E-state index contributed by atoms with van der Waals surface area (Å²) in [7, 11) is 0. The Morgan fingerprint density at radius 3 is 2.60 bits per heavy atom. The van der Waals surface area contributed by atoms with E-state index in [4.69, 9.17) is 0 Å². The first-order valence-corrected chi connectivity index (χ1v) is 7.05. The Hall–Kier alpha value is -0.310. The second-order valence-electron chi connectivity index (χ2n) is 3.81. The average Bonchev–Trinajstić information content (AvgIpc) is 2.67. The van der Waals surface area contributed by atoms with Gasteiger partial charge in [-0.15, -0.1) is 0 Å². The third kappa shape index (κ3) is 3.98. The summed E-state index contributed by atoms with van der Waals surface area (Å²) in [5.74, 6) is 0. The Balaban J connectivity index is 2.47. The predicted octanol–water partition coefficient (Wildman–Crippen LogP) is 3.57. The maximum absolute atomic E-state index is 4.60. The first-order valence-electron chi connectivity index (χ1n) is 5.93. The molecule has 15 heavy (non-hydrogen) atoms. The van der Waals surface area contributed by atoms with Crippen LogP contribution in [0.5, 0.6) is 0 Å². The number of hydrogen-bond donors (Lipinski definition) is 0. The van der Waals surface area contributed by atoms with Crippen molar-refractivity contribution < 1.29 is 0 Å². The molecule has 0 aromatic carbocycles. The number of unbranched alkanes of at least 4 members (excludes halogenated alkanes) is 2. The molecule has 0 unspecified atom stereocenters. The molecule has 1 aromatic heterocycles. The SMILES string of the molecule is CCc1cc(CC)n(CCCCCBr)n1. The van der Waals surface area contributed by atoms with Crippen LogP contribution in [0.1, 0.15) is 44.5 Å². The molecule has 0 bridgehead atoms. The number of aryl methyl sites for hydroxylation is 3. The minimum Gasteiger partial charge on any atom is -0.269 e. The molecule has 1 aromatic rings. The Kier molecular flexibility index (Phi) is 5.99. The van der Waals surface area contributed by atoms with Crippen LogP contribution in [0, 0.1) is 0 Å². The van der Waals surface area contributed by atoms with Gasteiger partial charge >= 0.3 is 0 Å². The fraction of sp³-hybridized carbons (Fsp3) is 0.750. The molecular formula is C12H21BrN2.